The second kappa shape index (κ2) is 7.97. The van der Waals surface area contributed by atoms with Crippen molar-refractivity contribution in [1.82, 2.24) is 5.32 Å². The Hall–Kier alpha value is -2.07. The number of nitrogens with one attached hydrogen (secondary N) is 2. The van der Waals surface area contributed by atoms with E-state index in [1.165, 1.54) is 11.1 Å². The third-order valence-corrected chi connectivity index (χ3v) is 3.76. The zero-order valence-corrected chi connectivity index (χ0v) is 15.0. The maximum absolute atomic E-state index is 5.64. The largest absolute Gasteiger partial charge is 0.491 e. The number of hydrogen-bond acceptors (Lipinski definition) is 2. The third-order valence-electron chi connectivity index (χ3n) is 3.51. The summed E-state index contributed by atoms with van der Waals surface area (Å²) in [6.45, 7) is 8.91. The molecule has 0 bridgehead atoms. The Bertz CT molecular complexity index is 666. The van der Waals surface area contributed by atoms with E-state index in [-0.39, 0.29) is 6.10 Å². The highest BCUT2D eigenvalue weighted by atomic mass is 32.1. The molecule has 0 fully saturated rings. The first-order valence-electron chi connectivity index (χ1n) is 7.82. The lowest BCUT2D eigenvalue weighted by molar-refractivity contribution is 0.242. The lowest BCUT2D eigenvalue weighted by Gasteiger charge is -2.13. The van der Waals surface area contributed by atoms with E-state index in [2.05, 4.69) is 36.6 Å². The molecule has 2 aromatic carbocycles. The molecule has 0 aromatic heterocycles. The van der Waals surface area contributed by atoms with Crippen molar-refractivity contribution in [2.75, 3.05) is 5.32 Å². The summed E-state index contributed by atoms with van der Waals surface area (Å²) < 4.78 is 5.64. The van der Waals surface area contributed by atoms with Crippen molar-refractivity contribution in [3.05, 3.63) is 59.2 Å². The Labute approximate surface area is 144 Å². The molecule has 23 heavy (non-hydrogen) atoms. The molecule has 0 unspecified atom stereocenters. The zero-order valence-electron chi connectivity index (χ0n) is 14.1. The Kier molecular flexibility index (Phi) is 5.99. The number of benzene rings is 2. The summed E-state index contributed by atoms with van der Waals surface area (Å²) in [6, 6.07) is 14.3. The smallest absolute Gasteiger partial charge is 0.171 e. The van der Waals surface area contributed by atoms with Gasteiger partial charge in [-0.1, -0.05) is 18.2 Å². The van der Waals surface area contributed by atoms with E-state index in [9.17, 15) is 0 Å². The van der Waals surface area contributed by atoms with Crippen LogP contribution < -0.4 is 15.4 Å². The summed E-state index contributed by atoms with van der Waals surface area (Å²) in [4.78, 5) is 0. The predicted octanol–water partition coefficient (Wildman–Crippen LogP) is 4.58. The first kappa shape index (κ1) is 17.3. The molecule has 0 aliphatic rings. The van der Waals surface area contributed by atoms with Gasteiger partial charge in [0.25, 0.3) is 0 Å². The van der Waals surface area contributed by atoms with Gasteiger partial charge in [0, 0.05) is 12.2 Å². The normalized spacial score (nSPS) is 10.5. The molecule has 2 rings (SSSR count). The highest BCUT2D eigenvalue weighted by Crippen LogP contribution is 2.15. The molecule has 0 atom stereocenters. The van der Waals surface area contributed by atoms with E-state index in [0.717, 1.165) is 17.0 Å². The van der Waals surface area contributed by atoms with Crippen LogP contribution in [-0.2, 0) is 6.54 Å². The number of hydrogen-bond donors (Lipinski definition) is 2. The van der Waals surface area contributed by atoms with Crippen molar-refractivity contribution in [2.24, 2.45) is 0 Å². The van der Waals surface area contributed by atoms with Gasteiger partial charge in [-0.25, -0.2) is 0 Å². The minimum absolute atomic E-state index is 0.189. The fraction of sp³-hybridized carbons (Fsp3) is 0.316. The first-order chi connectivity index (χ1) is 10.9. The molecular weight excluding hydrogens is 304 g/mol. The highest BCUT2D eigenvalue weighted by Gasteiger charge is 2.01. The Morgan fingerprint density at radius 1 is 1.04 bits per heavy atom. The average Bonchev–Trinajstić information content (AvgIpc) is 2.50. The molecule has 4 heteroatoms. The minimum atomic E-state index is 0.189. The van der Waals surface area contributed by atoms with Gasteiger partial charge in [-0.3, -0.25) is 0 Å². The maximum atomic E-state index is 5.64. The molecule has 2 aromatic rings. The lowest BCUT2D eigenvalue weighted by Crippen LogP contribution is -2.27. The Morgan fingerprint density at radius 2 is 1.74 bits per heavy atom. The van der Waals surface area contributed by atoms with Crippen molar-refractivity contribution in [1.29, 1.82) is 0 Å². The summed E-state index contributed by atoms with van der Waals surface area (Å²) >= 11 is 5.35. The SMILES string of the molecule is Cc1ccc(NC(=S)NCc2ccc(OC(C)C)cc2)cc1C. The van der Waals surface area contributed by atoms with Gasteiger partial charge >= 0.3 is 0 Å². The summed E-state index contributed by atoms with van der Waals surface area (Å²) in [5, 5.41) is 7.06. The monoisotopic (exact) mass is 328 g/mol. The van der Waals surface area contributed by atoms with Gasteiger partial charge in [0.2, 0.25) is 0 Å². The van der Waals surface area contributed by atoms with Gasteiger partial charge in [-0.2, -0.15) is 0 Å². The lowest BCUT2D eigenvalue weighted by atomic mass is 10.1. The highest BCUT2D eigenvalue weighted by molar-refractivity contribution is 7.80. The van der Waals surface area contributed by atoms with Gasteiger partial charge in [0.05, 0.1) is 6.10 Å². The van der Waals surface area contributed by atoms with Gasteiger partial charge in [0.15, 0.2) is 5.11 Å². The fourth-order valence-corrected chi connectivity index (χ4v) is 2.32. The fourth-order valence-electron chi connectivity index (χ4n) is 2.13. The predicted molar refractivity (Wildman–Crippen MR) is 101 cm³/mol. The van der Waals surface area contributed by atoms with Gasteiger partial charge < -0.3 is 15.4 Å². The second-order valence-corrected chi connectivity index (χ2v) is 6.33. The van der Waals surface area contributed by atoms with Crippen LogP contribution in [0.5, 0.6) is 5.75 Å². The molecule has 0 aliphatic heterocycles. The van der Waals surface area contributed by atoms with E-state index in [4.69, 9.17) is 17.0 Å². The second-order valence-electron chi connectivity index (χ2n) is 5.92. The van der Waals surface area contributed by atoms with Crippen LogP contribution in [0.4, 0.5) is 5.69 Å². The third kappa shape index (κ3) is 5.57. The van der Waals surface area contributed by atoms with Gasteiger partial charge in [-0.05, 0) is 80.9 Å². The van der Waals surface area contributed by atoms with Crippen LogP contribution in [-0.4, -0.2) is 11.2 Å². The van der Waals surface area contributed by atoms with E-state index in [1.807, 2.05) is 44.2 Å². The van der Waals surface area contributed by atoms with Crippen LogP contribution in [0.2, 0.25) is 0 Å². The Balaban J connectivity index is 1.85. The van der Waals surface area contributed by atoms with Crippen LogP contribution in [0.25, 0.3) is 0 Å². The van der Waals surface area contributed by atoms with Crippen molar-refractivity contribution in [2.45, 2.75) is 40.3 Å². The summed E-state index contributed by atoms with van der Waals surface area (Å²) in [7, 11) is 0. The average molecular weight is 328 g/mol. The quantitative estimate of drug-likeness (QED) is 0.787. The molecule has 0 spiro atoms. The van der Waals surface area contributed by atoms with Crippen LogP contribution in [0.15, 0.2) is 42.5 Å². The molecule has 0 heterocycles. The standard InChI is InChI=1S/C19H24N2OS/c1-13(2)22-18-9-6-16(7-10-18)12-20-19(23)21-17-8-5-14(3)15(4)11-17/h5-11,13H,12H2,1-4H3,(H2,20,21,23). The van der Waals surface area contributed by atoms with E-state index in [0.29, 0.717) is 11.7 Å². The molecule has 0 aliphatic carbocycles. The Morgan fingerprint density at radius 3 is 2.35 bits per heavy atom. The molecule has 0 amide bonds. The van der Waals surface area contributed by atoms with Crippen LogP contribution in [0.3, 0.4) is 0 Å². The van der Waals surface area contributed by atoms with Crippen LogP contribution in [0.1, 0.15) is 30.5 Å². The van der Waals surface area contributed by atoms with Crippen molar-refractivity contribution >= 4 is 23.0 Å². The van der Waals surface area contributed by atoms with E-state index in [1.54, 1.807) is 0 Å². The molecule has 0 saturated carbocycles. The number of thiocarbonyl (C=S) groups is 1. The van der Waals surface area contributed by atoms with Crippen molar-refractivity contribution in [3.63, 3.8) is 0 Å². The summed E-state index contributed by atoms with van der Waals surface area (Å²) in [6.07, 6.45) is 0.189. The topological polar surface area (TPSA) is 33.3 Å². The molecule has 0 radical (unpaired) electrons. The van der Waals surface area contributed by atoms with Crippen molar-refractivity contribution in [3.8, 4) is 5.75 Å². The van der Waals surface area contributed by atoms with Gasteiger partial charge in [-0.15, -0.1) is 0 Å². The van der Waals surface area contributed by atoms with Gasteiger partial charge in [0.1, 0.15) is 5.75 Å². The molecule has 122 valence electrons. The van der Waals surface area contributed by atoms with Crippen LogP contribution in [0, 0.1) is 13.8 Å². The maximum Gasteiger partial charge on any atom is 0.171 e. The van der Waals surface area contributed by atoms with E-state index < -0.39 is 0 Å². The summed E-state index contributed by atoms with van der Waals surface area (Å²) in [5.41, 5.74) is 4.69. The number of ether oxygens (including phenoxy) is 1. The summed E-state index contributed by atoms with van der Waals surface area (Å²) in [5.74, 6) is 0.889. The van der Waals surface area contributed by atoms with E-state index >= 15 is 0 Å². The molecule has 3 nitrogen and oxygen atoms in total. The van der Waals surface area contributed by atoms with Crippen LogP contribution >= 0.6 is 12.2 Å². The number of anilines is 1. The van der Waals surface area contributed by atoms with Crippen molar-refractivity contribution < 1.29 is 4.74 Å². The zero-order chi connectivity index (χ0) is 16.8. The first-order valence-corrected chi connectivity index (χ1v) is 8.22. The minimum Gasteiger partial charge on any atom is -0.491 e. The number of aryl methyl sites for hydroxylation is 2. The number of rotatable bonds is 5. The molecule has 0 saturated heterocycles. The molecule has 2 N–H and O–H groups in total. The molecular formula is C19H24N2OS.